The van der Waals surface area contributed by atoms with Crippen LogP contribution in [0.3, 0.4) is 0 Å². The van der Waals surface area contributed by atoms with Crippen LogP contribution in [0.1, 0.15) is 33.1 Å². The minimum atomic E-state index is 0.101. The average Bonchev–Trinajstić information content (AvgIpc) is 2.16. The summed E-state index contributed by atoms with van der Waals surface area (Å²) >= 11 is 0. The number of hydrogen-bond acceptors (Lipinski definition) is 2. The Kier molecular flexibility index (Phi) is 4.39. The molecule has 0 spiro atoms. The largest absolute Gasteiger partial charge is 0.354 e. The van der Waals surface area contributed by atoms with Crippen molar-refractivity contribution in [3.63, 3.8) is 0 Å². The molecule has 1 amide bonds. The number of carbonyl (C=O) groups excluding carboxylic acids is 1. The zero-order valence-electron chi connectivity index (χ0n) is 9.55. The van der Waals surface area contributed by atoms with E-state index in [-0.39, 0.29) is 11.8 Å². The molecule has 1 aliphatic rings. The van der Waals surface area contributed by atoms with Gasteiger partial charge in [0.1, 0.15) is 0 Å². The van der Waals surface area contributed by atoms with Crippen LogP contribution in [0.25, 0.3) is 0 Å². The minimum Gasteiger partial charge on any atom is -0.354 e. The number of hydrogen-bond donors (Lipinski definition) is 1. The molecule has 82 valence electrons. The molecule has 1 atom stereocenters. The van der Waals surface area contributed by atoms with Gasteiger partial charge in [0.25, 0.3) is 0 Å². The molecule has 0 saturated carbocycles. The molecule has 1 rings (SSSR count). The van der Waals surface area contributed by atoms with E-state index in [0.717, 1.165) is 6.54 Å². The number of carbonyl (C=O) groups is 1. The van der Waals surface area contributed by atoms with E-state index in [4.69, 9.17) is 0 Å². The van der Waals surface area contributed by atoms with Crippen molar-refractivity contribution >= 4 is 5.91 Å². The van der Waals surface area contributed by atoms with Gasteiger partial charge in [-0.25, -0.2) is 0 Å². The van der Waals surface area contributed by atoms with Gasteiger partial charge < -0.3 is 10.2 Å². The zero-order chi connectivity index (χ0) is 10.6. The summed E-state index contributed by atoms with van der Waals surface area (Å²) < 4.78 is 0. The second kappa shape index (κ2) is 5.35. The van der Waals surface area contributed by atoms with Crippen LogP contribution in [0.4, 0.5) is 0 Å². The molecule has 0 radical (unpaired) electrons. The Morgan fingerprint density at radius 1 is 1.50 bits per heavy atom. The molecule has 1 fully saturated rings. The maximum absolute atomic E-state index is 11.4. The Bertz CT molecular complexity index is 192. The summed E-state index contributed by atoms with van der Waals surface area (Å²) in [7, 11) is 2.14. The van der Waals surface area contributed by atoms with Crippen molar-refractivity contribution in [1.29, 1.82) is 0 Å². The lowest BCUT2D eigenvalue weighted by atomic mass is 10.0. The quantitative estimate of drug-likeness (QED) is 0.740. The van der Waals surface area contributed by atoms with Gasteiger partial charge in [0, 0.05) is 18.5 Å². The Morgan fingerprint density at radius 3 is 2.79 bits per heavy atom. The second-order valence-corrected chi connectivity index (χ2v) is 4.53. The van der Waals surface area contributed by atoms with Crippen LogP contribution in [0.15, 0.2) is 0 Å². The number of rotatable bonds is 3. The molecule has 1 aliphatic heterocycles. The van der Waals surface area contributed by atoms with Crippen molar-refractivity contribution in [3.05, 3.63) is 0 Å². The second-order valence-electron chi connectivity index (χ2n) is 4.53. The van der Waals surface area contributed by atoms with E-state index in [1.54, 1.807) is 0 Å². The zero-order valence-corrected chi connectivity index (χ0v) is 9.55. The van der Waals surface area contributed by atoms with Gasteiger partial charge in [-0.1, -0.05) is 20.3 Å². The van der Waals surface area contributed by atoms with Gasteiger partial charge in [-0.2, -0.15) is 0 Å². The van der Waals surface area contributed by atoms with Crippen LogP contribution < -0.4 is 5.32 Å². The lowest BCUT2D eigenvalue weighted by Crippen LogP contribution is -2.45. The summed E-state index contributed by atoms with van der Waals surface area (Å²) in [5.74, 6) is 0.271. The predicted molar refractivity (Wildman–Crippen MR) is 58.1 cm³/mol. The first-order chi connectivity index (χ1) is 6.61. The SMILES string of the molecule is CC(C)C(=O)NC[C@@H]1CCCCN1C. The fourth-order valence-electron chi connectivity index (χ4n) is 1.82. The molecule has 3 nitrogen and oxygen atoms in total. The number of likely N-dealkylation sites (N-methyl/N-ethyl adjacent to an activating group) is 1. The van der Waals surface area contributed by atoms with Crippen molar-refractivity contribution in [3.8, 4) is 0 Å². The first kappa shape index (κ1) is 11.5. The molecule has 0 aromatic rings. The molecule has 0 unspecified atom stereocenters. The van der Waals surface area contributed by atoms with Crippen molar-refractivity contribution < 1.29 is 4.79 Å². The van der Waals surface area contributed by atoms with Gasteiger partial charge in [-0.05, 0) is 26.4 Å². The molecular weight excluding hydrogens is 176 g/mol. The van der Waals surface area contributed by atoms with E-state index >= 15 is 0 Å². The average molecular weight is 198 g/mol. The van der Waals surface area contributed by atoms with Crippen LogP contribution in [-0.4, -0.2) is 37.0 Å². The standard InChI is InChI=1S/C11H22N2O/c1-9(2)11(14)12-8-10-6-4-5-7-13(10)3/h9-10H,4-8H2,1-3H3,(H,12,14)/t10-/m0/s1. The van der Waals surface area contributed by atoms with Gasteiger partial charge >= 0.3 is 0 Å². The highest BCUT2D eigenvalue weighted by atomic mass is 16.1. The Labute approximate surface area is 86.9 Å². The molecule has 0 aliphatic carbocycles. The van der Waals surface area contributed by atoms with Gasteiger partial charge in [0.2, 0.25) is 5.91 Å². The summed E-state index contributed by atoms with van der Waals surface area (Å²) in [6, 6.07) is 0.548. The van der Waals surface area contributed by atoms with Crippen molar-refractivity contribution in [2.45, 2.75) is 39.2 Å². The number of nitrogens with zero attached hydrogens (tertiary/aromatic N) is 1. The fraction of sp³-hybridized carbons (Fsp3) is 0.909. The summed E-state index contributed by atoms with van der Waals surface area (Å²) in [5.41, 5.74) is 0. The first-order valence-electron chi connectivity index (χ1n) is 5.59. The third-order valence-corrected chi connectivity index (χ3v) is 2.96. The molecule has 1 N–H and O–H groups in total. The van der Waals surface area contributed by atoms with E-state index in [9.17, 15) is 4.79 Å². The molecule has 1 heterocycles. The van der Waals surface area contributed by atoms with Crippen LogP contribution in [0, 0.1) is 5.92 Å². The highest BCUT2D eigenvalue weighted by Gasteiger charge is 2.19. The number of likely N-dealkylation sites (tertiary alicyclic amines) is 1. The Hall–Kier alpha value is -0.570. The maximum atomic E-state index is 11.4. The fourth-order valence-corrected chi connectivity index (χ4v) is 1.82. The van der Waals surface area contributed by atoms with E-state index in [1.807, 2.05) is 13.8 Å². The molecule has 0 aromatic heterocycles. The lowest BCUT2D eigenvalue weighted by molar-refractivity contribution is -0.124. The van der Waals surface area contributed by atoms with E-state index in [0.29, 0.717) is 6.04 Å². The highest BCUT2D eigenvalue weighted by molar-refractivity contribution is 5.77. The predicted octanol–water partition coefficient (Wildman–Crippen LogP) is 1.24. The van der Waals surface area contributed by atoms with Crippen LogP contribution >= 0.6 is 0 Å². The monoisotopic (exact) mass is 198 g/mol. The summed E-state index contributed by atoms with van der Waals surface area (Å²) in [5, 5.41) is 3.00. The van der Waals surface area contributed by atoms with Crippen LogP contribution in [-0.2, 0) is 4.79 Å². The molecule has 3 heteroatoms. The van der Waals surface area contributed by atoms with Crippen LogP contribution in [0.2, 0.25) is 0 Å². The Balaban J connectivity index is 2.26. The maximum Gasteiger partial charge on any atom is 0.222 e. The molecule has 1 saturated heterocycles. The lowest BCUT2D eigenvalue weighted by Gasteiger charge is -2.32. The molecule has 0 aromatic carbocycles. The summed E-state index contributed by atoms with van der Waals surface area (Å²) in [6.45, 7) is 5.84. The summed E-state index contributed by atoms with van der Waals surface area (Å²) in [4.78, 5) is 13.7. The summed E-state index contributed by atoms with van der Waals surface area (Å²) in [6.07, 6.45) is 3.81. The number of piperidine rings is 1. The van der Waals surface area contributed by atoms with Crippen molar-refractivity contribution in [2.24, 2.45) is 5.92 Å². The molecular formula is C11H22N2O. The van der Waals surface area contributed by atoms with E-state index in [1.165, 1.54) is 25.8 Å². The number of amides is 1. The minimum absolute atomic E-state index is 0.101. The molecule has 0 bridgehead atoms. The Morgan fingerprint density at radius 2 is 2.21 bits per heavy atom. The van der Waals surface area contributed by atoms with Crippen molar-refractivity contribution in [1.82, 2.24) is 10.2 Å². The van der Waals surface area contributed by atoms with E-state index < -0.39 is 0 Å². The van der Waals surface area contributed by atoms with Gasteiger partial charge in [0.05, 0.1) is 0 Å². The van der Waals surface area contributed by atoms with Crippen LogP contribution in [0.5, 0.6) is 0 Å². The van der Waals surface area contributed by atoms with Gasteiger partial charge in [-0.15, -0.1) is 0 Å². The van der Waals surface area contributed by atoms with Crippen molar-refractivity contribution in [2.75, 3.05) is 20.1 Å². The highest BCUT2D eigenvalue weighted by Crippen LogP contribution is 2.13. The van der Waals surface area contributed by atoms with Gasteiger partial charge in [0.15, 0.2) is 0 Å². The third-order valence-electron chi connectivity index (χ3n) is 2.96. The molecule has 14 heavy (non-hydrogen) atoms. The topological polar surface area (TPSA) is 32.3 Å². The smallest absolute Gasteiger partial charge is 0.222 e. The van der Waals surface area contributed by atoms with Gasteiger partial charge in [-0.3, -0.25) is 4.79 Å². The first-order valence-corrected chi connectivity index (χ1v) is 5.59. The number of nitrogens with one attached hydrogen (secondary N) is 1. The van der Waals surface area contributed by atoms with E-state index in [2.05, 4.69) is 17.3 Å². The third kappa shape index (κ3) is 3.29. The normalized spacial score (nSPS) is 23.9.